The summed E-state index contributed by atoms with van der Waals surface area (Å²) in [5, 5.41) is 15.3. The molecule has 5 heteroatoms. The number of carboxylic acid groups (broad SMARTS) is 1. The van der Waals surface area contributed by atoms with E-state index in [0.29, 0.717) is 12.8 Å². The van der Waals surface area contributed by atoms with Gasteiger partial charge >= 0.3 is 12.0 Å². The number of hydrogen-bond acceptors (Lipinski definition) is 2. The second-order valence-corrected chi connectivity index (χ2v) is 7.78. The molecule has 2 fully saturated rings. The summed E-state index contributed by atoms with van der Waals surface area (Å²) in [5.74, 6) is -0.908. The summed E-state index contributed by atoms with van der Waals surface area (Å²) in [6, 6.07) is -0.260. The van der Waals surface area contributed by atoms with Gasteiger partial charge in [0.15, 0.2) is 0 Å². The Labute approximate surface area is 126 Å². The Morgan fingerprint density at radius 1 is 0.952 bits per heavy atom. The number of carboxylic acids is 1. The van der Waals surface area contributed by atoms with Crippen molar-refractivity contribution in [1.82, 2.24) is 10.6 Å². The number of hydrogen-bond donors (Lipinski definition) is 3. The maximum absolute atomic E-state index is 12.3. The first-order valence-electron chi connectivity index (χ1n) is 7.95. The normalized spacial score (nSPS) is 26.5. The molecular formula is C16H28N2O3. The van der Waals surface area contributed by atoms with Crippen molar-refractivity contribution in [3.05, 3.63) is 0 Å². The molecule has 5 nitrogen and oxygen atoms in total. The van der Waals surface area contributed by atoms with Gasteiger partial charge in [0.05, 0.1) is 0 Å². The first-order valence-corrected chi connectivity index (χ1v) is 7.95. The highest BCUT2D eigenvalue weighted by Gasteiger charge is 2.65. The number of carbonyl (C=O) groups is 2. The third-order valence-corrected chi connectivity index (χ3v) is 6.02. The van der Waals surface area contributed by atoms with Crippen molar-refractivity contribution in [1.29, 1.82) is 0 Å². The van der Waals surface area contributed by atoms with Crippen molar-refractivity contribution in [2.24, 2.45) is 10.8 Å². The van der Waals surface area contributed by atoms with Crippen molar-refractivity contribution in [3.8, 4) is 0 Å². The number of urea groups is 1. The molecule has 0 heterocycles. The molecule has 0 saturated heterocycles. The van der Waals surface area contributed by atoms with Gasteiger partial charge in [0.2, 0.25) is 0 Å². The summed E-state index contributed by atoms with van der Waals surface area (Å²) in [7, 11) is 0. The average molecular weight is 296 g/mol. The van der Waals surface area contributed by atoms with Crippen LogP contribution in [-0.4, -0.2) is 28.7 Å². The van der Waals surface area contributed by atoms with E-state index in [1.54, 1.807) is 0 Å². The lowest BCUT2D eigenvalue weighted by Crippen LogP contribution is -2.57. The van der Waals surface area contributed by atoms with Crippen molar-refractivity contribution in [2.75, 3.05) is 0 Å². The molecule has 2 rings (SSSR count). The van der Waals surface area contributed by atoms with E-state index in [4.69, 9.17) is 0 Å². The zero-order valence-electron chi connectivity index (χ0n) is 13.6. The van der Waals surface area contributed by atoms with Crippen LogP contribution < -0.4 is 10.6 Å². The highest BCUT2D eigenvalue weighted by molar-refractivity contribution is 5.86. The molecule has 2 aliphatic rings. The van der Waals surface area contributed by atoms with Gasteiger partial charge in [-0.3, -0.25) is 0 Å². The second kappa shape index (κ2) is 5.18. The molecule has 0 aliphatic heterocycles. The van der Waals surface area contributed by atoms with Gasteiger partial charge in [-0.05, 0) is 23.7 Å². The molecule has 2 amide bonds. The number of amides is 2. The van der Waals surface area contributed by atoms with E-state index in [1.807, 2.05) is 0 Å². The van der Waals surface area contributed by atoms with Crippen LogP contribution in [0.15, 0.2) is 0 Å². The van der Waals surface area contributed by atoms with Gasteiger partial charge in [-0.2, -0.15) is 0 Å². The zero-order valence-corrected chi connectivity index (χ0v) is 13.6. The van der Waals surface area contributed by atoms with Gasteiger partial charge in [-0.25, -0.2) is 9.59 Å². The van der Waals surface area contributed by atoms with Crippen molar-refractivity contribution in [2.45, 2.75) is 77.8 Å². The third-order valence-electron chi connectivity index (χ3n) is 6.02. The molecule has 3 N–H and O–H groups in total. The monoisotopic (exact) mass is 296 g/mol. The maximum Gasteiger partial charge on any atom is 0.329 e. The predicted molar refractivity (Wildman–Crippen MR) is 81.1 cm³/mol. The maximum atomic E-state index is 12.3. The molecule has 0 aromatic heterocycles. The van der Waals surface area contributed by atoms with E-state index in [2.05, 4.69) is 38.3 Å². The van der Waals surface area contributed by atoms with Crippen LogP contribution in [0.25, 0.3) is 0 Å². The van der Waals surface area contributed by atoms with Crippen LogP contribution in [0.4, 0.5) is 4.79 Å². The lowest BCUT2D eigenvalue weighted by atomic mass is 9.90. The molecule has 0 bridgehead atoms. The van der Waals surface area contributed by atoms with Gasteiger partial charge in [-0.1, -0.05) is 53.4 Å². The Bertz CT molecular complexity index is 421. The van der Waals surface area contributed by atoms with Gasteiger partial charge in [-0.15, -0.1) is 0 Å². The largest absolute Gasteiger partial charge is 0.480 e. The molecule has 0 radical (unpaired) electrons. The van der Waals surface area contributed by atoms with E-state index in [1.165, 1.54) is 0 Å². The quantitative estimate of drug-likeness (QED) is 0.701. The standard InChI is InChI=1S/C16H28N2O3/c1-14(2)11(15(14,3)4)17-13(21)18-16(12(19)20)9-7-5-6-8-10-16/h11H,5-10H2,1-4H3,(H,19,20)(H2,17,18,21). The minimum absolute atomic E-state index is 0.0458. The highest BCUT2D eigenvalue weighted by Crippen LogP contribution is 2.62. The van der Waals surface area contributed by atoms with Crippen molar-refractivity contribution >= 4 is 12.0 Å². The van der Waals surface area contributed by atoms with E-state index >= 15 is 0 Å². The van der Waals surface area contributed by atoms with Crippen LogP contribution in [0.3, 0.4) is 0 Å². The van der Waals surface area contributed by atoms with Crippen LogP contribution in [0.5, 0.6) is 0 Å². The minimum Gasteiger partial charge on any atom is -0.480 e. The topological polar surface area (TPSA) is 78.4 Å². The highest BCUT2D eigenvalue weighted by atomic mass is 16.4. The fraction of sp³-hybridized carbons (Fsp3) is 0.875. The Kier molecular flexibility index (Phi) is 3.98. The van der Waals surface area contributed by atoms with Crippen LogP contribution in [0.1, 0.15) is 66.2 Å². The fourth-order valence-electron chi connectivity index (χ4n) is 3.67. The molecule has 0 spiro atoms. The van der Waals surface area contributed by atoms with Gasteiger partial charge in [0, 0.05) is 6.04 Å². The lowest BCUT2D eigenvalue weighted by molar-refractivity contribution is -0.145. The van der Waals surface area contributed by atoms with E-state index < -0.39 is 11.5 Å². The molecule has 0 unspecified atom stereocenters. The summed E-state index contributed by atoms with van der Waals surface area (Å²) in [6.07, 6.45) is 4.84. The SMILES string of the molecule is CC1(C)C(NC(=O)NC2(C(=O)O)CCCCCC2)C1(C)C. The smallest absolute Gasteiger partial charge is 0.329 e. The minimum atomic E-state index is -1.09. The molecule has 2 aliphatic carbocycles. The second-order valence-electron chi connectivity index (χ2n) is 7.78. The van der Waals surface area contributed by atoms with Crippen molar-refractivity contribution in [3.63, 3.8) is 0 Å². The molecule has 2 saturated carbocycles. The van der Waals surface area contributed by atoms with Crippen molar-refractivity contribution < 1.29 is 14.7 Å². The van der Waals surface area contributed by atoms with E-state index in [9.17, 15) is 14.7 Å². The number of nitrogens with one attached hydrogen (secondary N) is 2. The number of aliphatic carboxylic acids is 1. The van der Waals surface area contributed by atoms with Crippen LogP contribution in [0, 0.1) is 10.8 Å². The summed E-state index contributed by atoms with van der Waals surface area (Å²) >= 11 is 0. The Balaban J connectivity index is 2.01. The summed E-state index contributed by atoms with van der Waals surface area (Å²) in [4.78, 5) is 24.0. The Morgan fingerprint density at radius 2 is 1.43 bits per heavy atom. The van der Waals surface area contributed by atoms with Crippen LogP contribution in [-0.2, 0) is 4.79 Å². The third kappa shape index (κ3) is 2.74. The molecule has 120 valence electrons. The van der Waals surface area contributed by atoms with Gasteiger partial charge < -0.3 is 15.7 Å². The van der Waals surface area contributed by atoms with E-state index in [0.717, 1.165) is 25.7 Å². The molecular weight excluding hydrogens is 268 g/mol. The predicted octanol–water partition coefficient (Wildman–Crippen LogP) is 2.90. The molecule has 0 aromatic rings. The summed E-state index contributed by atoms with van der Waals surface area (Å²) < 4.78 is 0. The number of carbonyl (C=O) groups excluding carboxylic acids is 1. The lowest BCUT2D eigenvalue weighted by Gasteiger charge is -2.29. The molecule has 0 aromatic carbocycles. The molecule has 0 atom stereocenters. The first kappa shape index (κ1) is 16.1. The summed E-state index contributed by atoms with van der Waals surface area (Å²) in [5.41, 5.74) is -1.00. The van der Waals surface area contributed by atoms with Gasteiger partial charge in [0.1, 0.15) is 5.54 Å². The Morgan fingerprint density at radius 3 is 1.81 bits per heavy atom. The van der Waals surface area contributed by atoms with E-state index in [-0.39, 0.29) is 22.9 Å². The summed E-state index contributed by atoms with van der Waals surface area (Å²) in [6.45, 7) is 8.49. The average Bonchev–Trinajstić information content (AvgIpc) is 2.88. The number of rotatable bonds is 3. The fourth-order valence-corrected chi connectivity index (χ4v) is 3.67. The van der Waals surface area contributed by atoms with Crippen LogP contribution >= 0.6 is 0 Å². The Hall–Kier alpha value is -1.26. The molecule has 21 heavy (non-hydrogen) atoms. The zero-order chi connectivity index (χ0) is 15.9. The van der Waals surface area contributed by atoms with Crippen LogP contribution in [0.2, 0.25) is 0 Å². The first-order chi connectivity index (χ1) is 9.63. The van der Waals surface area contributed by atoms with Gasteiger partial charge in [0.25, 0.3) is 0 Å².